The number of nitrogens with zero attached hydrogens (tertiary/aromatic N) is 2. The molecule has 1 N–H and O–H groups in total. The number of fused-ring (bicyclic) bond motifs is 1. The summed E-state index contributed by atoms with van der Waals surface area (Å²) in [6.45, 7) is 8.01. The topological polar surface area (TPSA) is 92.8 Å². The molecule has 3 rings (SSSR count). The molecule has 0 radical (unpaired) electrons. The van der Waals surface area contributed by atoms with Crippen LogP contribution in [0, 0.1) is 5.41 Å². The molecule has 27 heavy (non-hydrogen) atoms. The average Bonchev–Trinajstić information content (AvgIpc) is 2.95. The van der Waals surface area contributed by atoms with Crippen molar-refractivity contribution in [2.75, 3.05) is 0 Å². The van der Waals surface area contributed by atoms with Crippen LogP contribution in [0.1, 0.15) is 81.6 Å². The van der Waals surface area contributed by atoms with Crippen molar-refractivity contribution in [3.63, 3.8) is 0 Å². The summed E-state index contributed by atoms with van der Waals surface area (Å²) in [6.07, 6.45) is 3.67. The Balaban J connectivity index is 1.85. The van der Waals surface area contributed by atoms with E-state index in [0.717, 1.165) is 12.8 Å². The van der Waals surface area contributed by atoms with Gasteiger partial charge in [0.15, 0.2) is 11.6 Å². The lowest BCUT2D eigenvalue weighted by atomic mass is 9.73. The highest BCUT2D eigenvalue weighted by atomic mass is 16.5. The van der Waals surface area contributed by atoms with E-state index in [9.17, 15) is 14.7 Å². The molecular weight excluding hydrogens is 344 g/mol. The standard InChI is InChI=1S/C21H28N2O4/c1-12(2)22-14-10-21(3,4)11-17(26)19(14)16(25)9-8-13-20-15(24)6-5-7-18(20)27-23-13/h12,25H,5-11H2,1-4H3. The van der Waals surface area contributed by atoms with Gasteiger partial charge < -0.3 is 9.63 Å². The fraction of sp³-hybridized carbons (Fsp3) is 0.619. The Morgan fingerprint density at radius 1 is 1.22 bits per heavy atom. The summed E-state index contributed by atoms with van der Waals surface area (Å²) in [5.41, 5.74) is 2.03. The zero-order valence-corrected chi connectivity index (χ0v) is 16.6. The van der Waals surface area contributed by atoms with Crippen molar-refractivity contribution in [1.29, 1.82) is 0 Å². The Bertz CT molecular complexity index is 827. The number of aromatic nitrogens is 1. The van der Waals surface area contributed by atoms with Gasteiger partial charge in [-0.2, -0.15) is 0 Å². The molecule has 1 saturated carbocycles. The summed E-state index contributed by atoms with van der Waals surface area (Å²) in [7, 11) is 0. The lowest BCUT2D eigenvalue weighted by molar-refractivity contribution is -0.117. The van der Waals surface area contributed by atoms with Gasteiger partial charge in [0, 0.05) is 43.9 Å². The molecule has 0 bridgehead atoms. The number of aliphatic imine (C=N–C) groups is 1. The Hall–Kier alpha value is -2.24. The molecule has 146 valence electrons. The molecule has 6 nitrogen and oxygen atoms in total. The van der Waals surface area contributed by atoms with Crippen molar-refractivity contribution in [2.24, 2.45) is 10.4 Å². The first-order valence-corrected chi connectivity index (χ1v) is 9.71. The second kappa shape index (κ2) is 7.41. The largest absolute Gasteiger partial charge is 0.511 e. The Kier molecular flexibility index (Phi) is 5.36. The summed E-state index contributed by atoms with van der Waals surface area (Å²) in [5.74, 6) is 0.666. The number of allylic oxidation sites excluding steroid dienone is 2. The van der Waals surface area contributed by atoms with Crippen LogP contribution < -0.4 is 0 Å². The molecule has 2 aliphatic rings. The van der Waals surface area contributed by atoms with E-state index < -0.39 is 0 Å². The van der Waals surface area contributed by atoms with E-state index >= 15 is 0 Å². The van der Waals surface area contributed by atoms with Crippen LogP contribution in [0.25, 0.3) is 0 Å². The van der Waals surface area contributed by atoms with Crippen LogP contribution in [-0.4, -0.2) is 33.6 Å². The van der Waals surface area contributed by atoms with E-state index in [-0.39, 0.29) is 35.2 Å². The summed E-state index contributed by atoms with van der Waals surface area (Å²) >= 11 is 0. The summed E-state index contributed by atoms with van der Waals surface area (Å²) in [4.78, 5) is 29.5. The van der Waals surface area contributed by atoms with Crippen molar-refractivity contribution in [1.82, 2.24) is 5.16 Å². The van der Waals surface area contributed by atoms with Crippen LogP contribution in [0.4, 0.5) is 0 Å². The van der Waals surface area contributed by atoms with Crippen LogP contribution in [0.15, 0.2) is 20.8 Å². The van der Waals surface area contributed by atoms with E-state index in [1.807, 2.05) is 27.7 Å². The quantitative estimate of drug-likeness (QED) is 0.632. The van der Waals surface area contributed by atoms with Crippen molar-refractivity contribution in [2.45, 2.75) is 78.7 Å². The maximum Gasteiger partial charge on any atom is 0.168 e. The Morgan fingerprint density at radius 3 is 2.67 bits per heavy atom. The number of aliphatic hydroxyl groups is 1. The van der Waals surface area contributed by atoms with Crippen LogP contribution >= 0.6 is 0 Å². The van der Waals surface area contributed by atoms with Crippen molar-refractivity contribution in [3.05, 3.63) is 28.3 Å². The number of hydrogen-bond donors (Lipinski definition) is 1. The van der Waals surface area contributed by atoms with Crippen LogP contribution in [0.2, 0.25) is 0 Å². The number of aryl methyl sites for hydroxylation is 2. The lowest BCUT2D eigenvalue weighted by Crippen LogP contribution is -2.33. The van der Waals surface area contributed by atoms with Crippen molar-refractivity contribution >= 4 is 17.3 Å². The second-order valence-electron chi connectivity index (χ2n) is 8.64. The van der Waals surface area contributed by atoms with Gasteiger partial charge in [0.1, 0.15) is 11.5 Å². The van der Waals surface area contributed by atoms with E-state index in [1.165, 1.54) is 0 Å². The average molecular weight is 372 g/mol. The second-order valence-corrected chi connectivity index (χ2v) is 8.64. The normalized spacial score (nSPS) is 23.1. The Labute approximate surface area is 159 Å². The zero-order valence-electron chi connectivity index (χ0n) is 16.6. The van der Waals surface area contributed by atoms with Crippen LogP contribution in [0.3, 0.4) is 0 Å². The van der Waals surface area contributed by atoms with Gasteiger partial charge in [-0.3, -0.25) is 14.6 Å². The molecule has 0 unspecified atom stereocenters. The number of aliphatic hydroxyl groups excluding tert-OH is 1. The number of ketones is 2. The van der Waals surface area contributed by atoms with Gasteiger partial charge in [0.05, 0.1) is 16.8 Å². The minimum absolute atomic E-state index is 0.0370. The molecule has 1 aromatic heterocycles. The third-order valence-corrected chi connectivity index (χ3v) is 5.07. The van der Waals surface area contributed by atoms with Gasteiger partial charge in [-0.25, -0.2) is 0 Å². The van der Waals surface area contributed by atoms with Gasteiger partial charge in [0.2, 0.25) is 0 Å². The minimum Gasteiger partial charge on any atom is -0.511 e. The SMILES string of the molecule is CC(C)N=C1CC(C)(C)CC(=O)C1=C(O)CCc1noc2c1C(=O)CCC2. The molecule has 6 heteroatoms. The molecule has 1 fully saturated rings. The number of Topliss-reactive ketones (excluding diaryl/α,β-unsaturated/α-hetero) is 2. The molecular formula is C21H28N2O4. The number of rotatable bonds is 4. The number of hydrogen-bond acceptors (Lipinski definition) is 6. The fourth-order valence-corrected chi connectivity index (χ4v) is 3.95. The number of carbonyl (C=O) groups is 2. The first-order chi connectivity index (χ1) is 12.7. The molecule has 2 aliphatic carbocycles. The predicted molar refractivity (Wildman–Crippen MR) is 102 cm³/mol. The fourth-order valence-electron chi connectivity index (χ4n) is 3.95. The smallest absolute Gasteiger partial charge is 0.168 e. The monoisotopic (exact) mass is 372 g/mol. The van der Waals surface area contributed by atoms with Crippen LogP contribution in [-0.2, 0) is 17.6 Å². The van der Waals surface area contributed by atoms with Crippen LogP contribution in [0.5, 0.6) is 0 Å². The Morgan fingerprint density at radius 2 is 1.96 bits per heavy atom. The van der Waals surface area contributed by atoms with E-state index in [4.69, 9.17) is 4.52 Å². The maximum absolute atomic E-state index is 12.7. The summed E-state index contributed by atoms with van der Waals surface area (Å²) in [5, 5.41) is 14.7. The van der Waals surface area contributed by atoms with Crippen molar-refractivity contribution < 1.29 is 19.2 Å². The van der Waals surface area contributed by atoms with Gasteiger partial charge in [0.25, 0.3) is 0 Å². The first kappa shape index (κ1) is 19.5. The highest BCUT2D eigenvalue weighted by Crippen LogP contribution is 2.36. The lowest BCUT2D eigenvalue weighted by Gasteiger charge is -2.31. The molecule has 0 saturated heterocycles. The zero-order chi connectivity index (χ0) is 19.8. The number of carbonyl (C=O) groups excluding carboxylic acids is 2. The molecule has 0 aromatic carbocycles. The maximum atomic E-state index is 12.7. The molecule has 1 heterocycles. The minimum atomic E-state index is -0.161. The molecule has 0 aliphatic heterocycles. The van der Waals surface area contributed by atoms with Gasteiger partial charge in [-0.15, -0.1) is 0 Å². The van der Waals surface area contributed by atoms with Gasteiger partial charge in [-0.05, 0) is 32.1 Å². The summed E-state index contributed by atoms with van der Waals surface area (Å²) in [6, 6.07) is 0.0460. The van der Waals surface area contributed by atoms with Crippen molar-refractivity contribution in [3.8, 4) is 0 Å². The first-order valence-electron chi connectivity index (χ1n) is 9.71. The molecule has 0 spiro atoms. The van der Waals surface area contributed by atoms with Gasteiger partial charge >= 0.3 is 0 Å². The van der Waals surface area contributed by atoms with Gasteiger partial charge in [-0.1, -0.05) is 19.0 Å². The van der Waals surface area contributed by atoms with E-state index in [2.05, 4.69) is 10.1 Å². The predicted octanol–water partition coefficient (Wildman–Crippen LogP) is 4.18. The third kappa shape index (κ3) is 4.20. The highest BCUT2D eigenvalue weighted by Gasteiger charge is 2.36. The highest BCUT2D eigenvalue weighted by molar-refractivity contribution is 6.24. The molecule has 0 amide bonds. The summed E-state index contributed by atoms with van der Waals surface area (Å²) < 4.78 is 5.30. The third-order valence-electron chi connectivity index (χ3n) is 5.07. The molecule has 1 aromatic rings. The molecule has 0 atom stereocenters. The van der Waals surface area contributed by atoms with E-state index in [1.54, 1.807) is 0 Å². The van der Waals surface area contributed by atoms with E-state index in [0.29, 0.717) is 54.0 Å².